The van der Waals surface area contributed by atoms with Crippen molar-refractivity contribution in [2.45, 2.75) is 20.3 Å². The van der Waals surface area contributed by atoms with Crippen LogP contribution in [-0.4, -0.2) is 0 Å². The first-order valence-electron chi connectivity index (χ1n) is 4.63. The van der Waals surface area contributed by atoms with Crippen LogP contribution in [0.4, 0.5) is 0 Å². The second-order valence-electron chi connectivity index (χ2n) is 2.99. The summed E-state index contributed by atoms with van der Waals surface area (Å²) >= 11 is 3.26. The van der Waals surface area contributed by atoms with Gasteiger partial charge in [-0.05, 0) is 30.6 Å². The minimum Gasteiger partial charge on any atom is -0.0915 e. The Morgan fingerprint density at radius 2 is 1.93 bits per heavy atom. The number of allylic oxidation sites excluding steroid dienone is 8. The summed E-state index contributed by atoms with van der Waals surface area (Å²) < 4.78 is 0.857. The van der Waals surface area contributed by atoms with E-state index >= 15 is 0 Å². The zero-order chi connectivity index (χ0) is 11.0. The van der Waals surface area contributed by atoms with E-state index in [9.17, 15) is 0 Å². The molecule has 0 aromatic carbocycles. The van der Waals surface area contributed by atoms with Crippen LogP contribution in [0.25, 0.3) is 0 Å². The van der Waals surface area contributed by atoms with Crippen LogP contribution in [0.3, 0.4) is 0 Å². The fourth-order valence-corrected chi connectivity index (χ4v) is 0.910. The van der Waals surface area contributed by atoms with Gasteiger partial charge in [0.05, 0.1) is 0 Å². The highest BCUT2D eigenvalue weighted by molar-refractivity contribution is 9.11. The van der Waals surface area contributed by atoms with Gasteiger partial charge in [-0.1, -0.05) is 60.3 Å². The third kappa shape index (κ3) is 6.67. The summed E-state index contributed by atoms with van der Waals surface area (Å²) in [7, 11) is 0. The fraction of sp³-hybridized carbons (Fsp3) is 0.231. The molecule has 0 N–H and O–H groups in total. The van der Waals surface area contributed by atoms with Crippen LogP contribution in [-0.2, 0) is 0 Å². The number of hydrogen-bond donors (Lipinski definition) is 0. The van der Waals surface area contributed by atoms with Gasteiger partial charge in [-0.25, -0.2) is 0 Å². The SMILES string of the molecule is C=C(Br)/C=C\C(=C)/C(C)=C/C=C\CC. The zero-order valence-corrected chi connectivity index (χ0v) is 10.5. The first kappa shape index (κ1) is 13.2. The molecular formula is C13H17Br. The molecule has 0 bridgehead atoms. The van der Waals surface area contributed by atoms with E-state index in [1.54, 1.807) is 0 Å². The molecule has 0 nitrogen and oxygen atoms in total. The minimum atomic E-state index is 0.857. The van der Waals surface area contributed by atoms with Crippen molar-refractivity contribution in [3.63, 3.8) is 0 Å². The Kier molecular flexibility index (Phi) is 7.13. The summed E-state index contributed by atoms with van der Waals surface area (Å²) in [6, 6.07) is 0. The Morgan fingerprint density at radius 3 is 2.43 bits per heavy atom. The Labute approximate surface area is 95.5 Å². The molecule has 0 saturated carbocycles. The van der Waals surface area contributed by atoms with Gasteiger partial charge in [0.25, 0.3) is 0 Å². The summed E-state index contributed by atoms with van der Waals surface area (Å²) in [6.07, 6.45) is 11.1. The van der Waals surface area contributed by atoms with Crippen LogP contribution in [0.5, 0.6) is 0 Å². The second kappa shape index (κ2) is 7.57. The van der Waals surface area contributed by atoms with Crippen LogP contribution in [0.15, 0.2) is 59.2 Å². The van der Waals surface area contributed by atoms with Crippen molar-refractivity contribution < 1.29 is 0 Å². The molecule has 0 aliphatic carbocycles. The molecule has 0 aliphatic rings. The van der Waals surface area contributed by atoms with E-state index in [0.717, 1.165) is 16.5 Å². The van der Waals surface area contributed by atoms with Crippen molar-refractivity contribution in [2.24, 2.45) is 0 Å². The zero-order valence-electron chi connectivity index (χ0n) is 8.89. The number of hydrogen-bond acceptors (Lipinski definition) is 0. The van der Waals surface area contributed by atoms with E-state index in [0.29, 0.717) is 0 Å². The third-order valence-corrected chi connectivity index (χ3v) is 1.95. The molecule has 0 radical (unpaired) electrons. The van der Waals surface area contributed by atoms with Crippen LogP contribution < -0.4 is 0 Å². The summed E-state index contributed by atoms with van der Waals surface area (Å²) in [5.74, 6) is 0. The van der Waals surface area contributed by atoms with Crippen molar-refractivity contribution in [1.29, 1.82) is 0 Å². The topological polar surface area (TPSA) is 0 Å². The lowest BCUT2D eigenvalue weighted by Crippen LogP contribution is -1.77. The van der Waals surface area contributed by atoms with E-state index in [1.807, 2.05) is 19.1 Å². The van der Waals surface area contributed by atoms with Gasteiger partial charge in [0.1, 0.15) is 0 Å². The summed E-state index contributed by atoms with van der Waals surface area (Å²) in [4.78, 5) is 0. The van der Waals surface area contributed by atoms with Gasteiger partial charge >= 0.3 is 0 Å². The van der Waals surface area contributed by atoms with Gasteiger partial charge in [0.2, 0.25) is 0 Å². The van der Waals surface area contributed by atoms with Crippen molar-refractivity contribution in [1.82, 2.24) is 0 Å². The molecule has 0 fully saturated rings. The first-order chi connectivity index (χ1) is 6.57. The molecule has 0 amide bonds. The largest absolute Gasteiger partial charge is 0.0915 e. The monoisotopic (exact) mass is 252 g/mol. The maximum Gasteiger partial charge on any atom is 0.0103 e. The van der Waals surface area contributed by atoms with Crippen molar-refractivity contribution in [3.8, 4) is 0 Å². The maximum atomic E-state index is 3.95. The molecule has 0 unspecified atom stereocenters. The summed E-state index contributed by atoms with van der Waals surface area (Å²) in [5, 5.41) is 0. The second-order valence-corrected chi connectivity index (χ2v) is 4.01. The molecule has 0 aliphatic heterocycles. The molecule has 76 valence electrons. The predicted octanol–water partition coefficient (Wildman–Crippen LogP) is 4.92. The molecule has 0 heterocycles. The Balaban J connectivity index is 4.32. The molecule has 0 saturated heterocycles. The van der Waals surface area contributed by atoms with Gasteiger partial charge < -0.3 is 0 Å². The van der Waals surface area contributed by atoms with Crippen molar-refractivity contribution >= 4 is 15.9 Å². The molecule has 0 atom stereocenters. The van der Waals surface area contributed by atoms with Crippen LogP contribution in [0, 0.1) is 0 Å². The molecule has 0 rings (SSSR count). The smallest absolute Gasteiger partial charge is 0.0103 e. The normalized spacial score (nSPS) is 12.6. The van der Waals surface area contributed by atoms with E-state index < -0.39 is 0 Å². The van der Waals surface area contributed by atoms with Crippen LogP contribution in [0.1, 0.15) is 20.3 Å². The fourth-order valence-electron chi connectivity index (χ4n) is 0.778. The van der Waals surface area contributed by atoms with Crippen molar-refractivity contribution in [3.05, 3.63) is 59.2 Å². The average Bonchev–Trinajstić information content (AvgIpc) is 2.14. The predicted molar refractivity (Wildman–Crippen MR) is 69.5 cm³/mol. The standard InChI is InChI=1S/C13H17Br/c1-5-6-7-8-11(2)12(3)9-10-13(4)14/h6-10H,3-5H2,1-2H3/b7-6-,10-9-,11-8+. The average molecular weight is 253 g/mol. The Bertz CT molecular complexity index is 290. The lowest BCUT2D eigenvalue weighted by atomic mass is 10.1. The highest BCUT2D eigenvalue weighted by Gasteiger charge is 1.89. The van der Waals surface area contributed by atoms with Crippen molar-refractivity contribution in [2.75, 3.05) is 0 Å². The van der Waals surface area contributed by atoms with Gasteiger partial charge in [0.15, 0.2) is 0 Å². The quantitative estimate of drug-likeness (QED) is 0.610. The third-order valence-electron chi connectivity index (χ3n) is 1.69. The molecule has 0 aromatic heterocycles. The Morgan fingerprint density at radius 1 is 1.29 bits per heavy atom. The first-order valence-corrected chi connectivity index (χ1v) is 5.42. The molecule has 0 spiro atoms. The van der Waals surface area contributed by atoms with Crippen LogP contribution in [0.2, 0.25) is 0 Å². The van der Waals surface area contributed by atoms with Gasteiger partial charge in [-0.2, -0.15) is 0 Å². The highest BCUT2D eigenvalue weighted by Crippen LogP contribution is 2.11. The molecule has 14 heavy (non-hydrogen) atoms. The summed E-state index contributed by atoms with van der Waals surface area (Å²) in [6.45, 7) is 11.8. The summed E-state index contributed by atoms with van der Waals surface area (Å²) in [5.41, 5.74) is 2.17. The Hall–Kier alpha value is -0.820. The van der Waals surface area contributed by atoms with E-state index in [2.05, 4.69) is 54.2 Å². The number of halogens is 1. The van der Waals surface area contributed by atoms with E-state index in [1.165, 1.54) is 5.57 Å². The number of rotatable bonds is 5. The molecule has 0 aromatic rings. The lowest BCUT2D eigenvalue weighted by molar-refractivity contribution is 1.22. The van der Waals surface area contributed by atoms with E-state index in [4.69, 9.17) is 0 Å². The van der Waals surface area contributed by atoms with E-state index in [-0.39, 0.29) is 0 Å². The maximum absolute atomic E-state index is 3.95. The molecule has 1 heteroatoms. The lowest BCUT2D eigenvalue weighted by Gasteiger charge is -1.97. The van der Waals surface area contributed by atoms with Gasteiger partial charge in [-0.15, -0.1) is 0 Å². The van der Waals surface area contributed by atoms with Crippen LogP contribution >= 0.6 is 15.9 Å². The highest BCUT2D eigenvalue weighted by atomic mass is 79.9. The molecular weight excluding hydrogens is 236 g/mol. The van der Waals surface area contributed by atoms with Gasteiger partial charge in [-0.3, -0.25) is 0 Å². The van der Waals surface area contributed by atoms with Gasteiger partial charge in [0, 0.05) is 4.48 Å². The minimum absolute atomic E-state index is 0.857.